The molecule has 106 valence electrons. The molecule has 0 radical (unpaired) electrons. The van der Waals surface area contributed by atoms with E-state index in [2.05, 4.69) is 52.4 Å². The van der Waals surface area contributed by atoms with Crippen molar-refractivity contribution in [3.63, 3.8) is 0 Å². The van der Waals surface area contributed by atoms with Gasteiger partial charge in [0.15, 0.2) is 0 Å². The zero-order valence-electron chi connectivity index (χ0n) is 11.3. The molecule has 0 aliphatic carbocycles. The maximum atomic E-state index is 6.05. The summed E-state index contributed by atoms with van der Waals surface area (Å²) in [5.74, 6) is 0. The summed E-state index contributed by atoms with van der Waals surface area (Å²) in [6, 6.07) is 14.4. The maximum absolute atomic E-state index is 6.05. The lowest BCUT2D eigenvalue weighted by Crippen LogP contribution is -2.14. The predicted molar refractivity (Wildman–Crippen MR) is 91.7 cm³/mol. The zero-order chi connectivity index (χ0) is 14.4. The van der Waals surface area contributed by atoms with Gasteiger partial charge in [-0.25, -0.2) is 0 Å². The molecule has 0 saturated heterocycles. The Kier molecular flexibility index (Phi) is 6.43. The van der Waals surface area contributed by atoms with E-state index in [0.29, 0.717) is 0 Å². The van der Waals surface area contributed by atoms with Crippen LogP contribution in [0.4, 0.5) is 0 Å². The molecule has 0 atom stereocenters. The van der Waals surface area contributed by atoms with Crippen LogP contribution < -0.4 is 5.32 Å². The molecule has 0 fully saturated rings. The van der Waals surface area contributed by atoms with Crippen LogP contribution >= 0.6 is 39.3 Å². The van der Waals surface area contributed by atoms with E-state index in [1.54, 1.807) is 11.8 Å². The van der Waals surface area contributed by atoms with Gasteiger partial charge < -0.3 is 5.32 Å². The molecule has 0 aliphatic rings. The molecular weight excluding hydrogens is 354 g/mol. The number of halogens is 2. The molecule has 0 aromatic heterocycles. The van der Waals surface area contributed by atoms with Crippen molar-refractivity contribution < 1.29 is 0 Å². The van der Waals surface area contributed by atoms with Crippen LogP contribution in [0.5, 0.6) is 0 Å². The molecule has 2 aromatic carbocycles. The van der Waals surface area contributed by atoms with Crippen molar-refractivity contribution >= 4 is 39.3 Å². The van der Waals surface area contributed by atoms with Crippen LogP contribution in [0.15, 0.2) is 56.7 Å². The molecule has 0 heterocycles. The maximum Gasteiger partial charge on any atom is 0.0417 e. The van der Waals surface area contributed by atoms with Crippen LogP contribution in [0, 0.1) is 0 Å². The second-order valence-corrected chi connectivity index (χ2v) is 6.96. The fourth-order valence-corrected chi connectivity index (χ4v) is 3.64. The highest BCUT2D eigenvalue weighted by Crippen LogP contribution is 2.33. The van der Waals surface area contributed by atoms with Crippen LogP contribution in [0.1, 0.15) is 18.9 Å². The van der Waals surface area contributed by atoms with Crippen molar-refractivity contribution in [2.75, 3.05) is 6.54 Å². The summed E-state index contributed by atoms with van der Waals surface area (Å²) < 4.78 is 1.10. The molecule has 2 rings (SSSR count). The van der Waals surface area contributed by atoms with E-state index >= 15 is 0 Å². The molecular formula is C16H17BrClNS. The molecule has 0 amide bonds. The predicted octanol–water partition coefficient (Wildman–Crippen LogP) is 5.75. The van der Waals surface area contributed by atoms with E-state index in [-0.39, 0.29) is 0 Å². The molecule has 0 unspecified atom stereocenters. The molecule has 1 N–H and O–H groups in total. The minimum absolute atomic E-state index is 0.774. The van der Waals surface area contributed by atoms with Gasteiger partial charge in [0.2, 0.25) is 0 Å². The van der Waals surface area contributed by atoms with Crippen molar-refractivity contribution in [3.05, 3.63) is 57.5 Å². The van der Waals surface area contributed by atoms with Crippen molar-refractivity contribution in [2.45, 2.75) is 29.7 Å². The first kappa shape index (κ1) is 15.9. The number of benzene rings is 2. The molecule has 0 bridgehead atoms. The SMILES string of the molecule is CCCNCc1ccc(Br)cc1Sc1cccc(Cl)c1. The van der Waals surface area contributed by atoms with Gasteiger partial charge >= 0.3 is 0 Å². The Morgan fingerprint density at radius 3 is 2.80 bits per heavy atom. The third-order valence-electron chi connectivity index (χ3n) is 2.80. The summed E-state index contributed by atoms with van der Waals surface area (Å²) in [6.45, 7) is 4.11. The Balaban J connectivity index is 2.18. The highest BCUT2D eigenvalue weighted by Gasteiger charge is 2.06. The van der Waals surface area contributed by atoms with E-state index in [4.69, 9.17) is 11.6 Å². The van der Waals surface area contributed by atoms with Gasteiger partial charge in [0.1, 0.15) is 0 Å². The van der Waals surface area contributed by atoms with Crippen LogP contribution in [0.2, 0.25) is 5.02 Å². The van der Waals surface area contributed by atoms with Gasteiger partial charge in [-0.2, -0.15) is 0 Å². The second-order valence-electron chi connectivity index (χ2n) is 4.49. The molecule has 2 aromatic rings. The Morgan fingerprint density at radius 1 is 1.20 bits per heavy atom. The Labute approximate surface area is 138 Å². The first-order valence-corrected chi connectivity index (χ1v) is 8.60. The number of hydrogen-bond donors (Lipinski definition) is 1. The van der Waals surface area contributed by atoms with Crippen LogP contribution in [-0.2, 0) is 6.54 Å². The Morgan fingerprint density at radius 2 is 2.05 bits per heavy atom. The number of hydrogen-bond acceptors (Lipinski definition) is 2. The third-order valence-corrected chi connectivity index (χ3v) is 4.61. The molecule has 4 heteroatoms. The van der Waals surface area contributed by atoms with Gasteiger partial charge in [0.05, 0.1) is 0 Å². The van der Waals surface area contributed by atoms with E-state index in [9.17, 15) is 0 Å². The Bertz CT molecular complexity index is 574. The summed E-state index contributed by atoms with van der Waals surface area (Å²) >= 11 is 11.3. The highest BCUT2D eigenvalue weighted by atomic mass is 79.9. The lowest BCUT2D eigenvalue weighted by atomic mass is 10.2. The van der Waals surface area contributed by atoms with Crippen molar-refractivity contribution in [2.24, 2.45) is 0 Å². The average molecular weight is 371 g/mol. The monoisotopic (exact) mass is 369 g/mol. The third kappa shape index (κ3) is 4.81. The van der Waals surface area contributed by atoms with E-state index in [0.717, 1.165) is 33.9 Å². The minimum atomic E-state index is 0.774. The lowest BCUT2D eigenvalue weighted by Gasteiger charge is -2.11. The summed E-state index contributed by atoms with van der Waals surface area (Å²) in [5, 5.41) is 4.23. The normalized spacial score (nSPS) is 10.8. The number of nitrogens with one attached hydrogen (secondary N) is 1. The summed E-state index contributed by atoms with van der Waals surface area (Å²) in [6.07, 6.45) is 1.15. The van der Waals surface area contributed by atoms with Gasteiger partial charge in [-0.15, -0.1) is 0 Å². The van der Waals surface area contributed by atoms with E-state index < -0.39 is 0 Å². The van der Waals surface area contributed by atoms with Crippen LogP contribution in [-0.4, -0.2) is 6.54 Å². The summed E-state index contributed by atoms with van der Waals surface area (Å²) in [5.41, 5.74) is 1.31. The fraction of sp³-hybridized carbons (Fsp3) is 0.250. The van der Waals surface area contributed by atoms with Gasteiger partial charge in [-0.05, 0) is 48.9 Å². The zero-order valence-corrected chi connectivity index (χ0v) is 14.5. The van der Waals surface area contributed by atoms with Crippen LogP contribution in [0.3, 0.4) is 0 Å². The minimum Gasteiger partial charge on any atom is -0.313 e. The topological polar surface area (TPSA) is 12.0 Å². The first-order valence-electron chi connectivity index (χ1n) is 6.61. The van der Waals surface area contributed by atoms with E-state index in [1.165, 1.54) is 10.5 Å². The highest BCUT2D eigenvalue weighted by molar-refractivity contribution is 9.10. The van der Waals surface area contributed by atoms with Gasteiger partial charge in [0, 0.05) is 25.8 Å². The standard InChI is InChI=1S/C16H17BrClNS/c1-2-8-19-11-12-6-7-13(17)9-16(12)20-15-5-3-4-14(18)10-15/h3-7,9-10,19H,2,8,11H2,1H3. The second kappa shape index (κ2) is 8.08. The Hall–Kier alpha value is -0.480. The fourth-order valence-electron chi connectivity index (χ4n) is 1.83. The van der Waals surface area contributed by atoms with Gasteiger partial charge in [-0.3, -0.25) is 0 Å². The molecule has 0 spiro atoms. The van der Waals surface area contributed by atoms with E-state index in [1.807, 2.05) is 18.2 Å². The average Bonchev–Trinajstić information content (AvgIpc) is 2.41. The summed E-state index contributed by atoms with van der Waals surface area (Å²) in [7, 11) is 0. The molecule has 0 aliphatic heterocycles. The van der Waals surface area contributed by atoms with Crippen molar-refractivity contribution in [1.82, 2.24) is 5.32 Å². The first-order chi connectivity index (χ1) is 9.69. The molecule has 1 nitrogen and oxygen atoms in total. The quantitative estimate of drug-likeness (QED) is 0.649. The lowest BCUT2D eigenvalue weighted by molar-refractivity contribution is 0.669. The molecule has 20 heavy (non-hydrogen) atoms. The summed E-state index contributed by atoms with van der Waals surface area (Å²) in [4.78, 5) is 2.41. The van der Waals surface area contributed by atoms with Crippen LogP contribution in [0.25, 0.3) is 0 Å². The smallest absolute Gasteiger partial charge is 0.0417 e. The van der Waals surface area contributed by atoms with Gasteiger partial charge in [0.25, 0.3) is 0 Å². The molecule has 0 saturated carbocycles. The van der Waals surface area contributed by atoms with Crippen molar-refractivity contribution in [1.29, 1.82) is 0 Å². The number of rotatable bonds is 6. The largest absolute Gasteiger partial charge is 0.313 e. The van der Waals surface area contributed by atoms with Gasteiger partial charge in [-0.1, -0.05) is 58.3 Å². The van der Waals surface area contributed by atoms with Crippen molar-refractivity contribution in [3.8, 4) is 0 Å².